The molecule has 2 unspecified atom stereocenters. The molecule has 0 aromatic carbocycles. The number of rotatable bonds is 4. The number of amides is 1. The lowest BCUT2D eigenvalue weighted by molar-refractivity contribution is -0.122. The first-order chi connectivity index (χ1) is 8.10. The summed E-state index contributed by atoms with van der Waals surface area (Å²) in [4.78, 5) is 11.9. The highest BCUT2D eigenvalue weighted by atomic mass is 16.5. The Morgan fingerprint density at radius 1 is 1.41 bits per heavy atom. The molecule has 0 aromatic heterocycles. The molecule has 2 fully saturated rings. The van der Waals surface area contributed by atoms with Crippen molar-refractivity contribution in [1.82, 2.24) is 10.6 Å². The predicted molar refractivity (Wildman–Crippen MR) is 66.8 cm³/mol. The maximum atomic E-state index is 11.9. The zero-order chi connectivity index (χ0) is 12.3. The first-order valence-corrected chi connectivity index (χ1v) is 6.76. The predicted octanol–water partition coefficient (Wildman–Crippen LogP) is 1.20. The minimum atomic E-state index is -0.186. The fourth-order valence-electron chi connectivity index (χ4n) is 2.73. The van der Waals surface area contributed by atoms with Crippen LogP contribution in [-0.2, 0) is 9.53 Å². The average molecular weight is 240 g/mol. The number of carbonyl (C=O) groups is 1. The average Bonchev–Trinajstić information content (AvgIpc) is 2.88. The van der Waals surface area contributed by atoms with Crippen LogP contribution >= 0.6 is 0 Å². The summed E-state index contributed by atoms with van der Waals surface area (Å²) < 4.78 is 5.51. The highest BCUT2D eigenvalue weighted by Gasteiger charge is 2.38. The zero-order valence-corrected chi connectivity index (χ0v) is 10.9. The van der Waals surface area contributed by atoms with E-state index in [-0.39, 0.29) is 17.6 Å². The fourth-order valence-corrected chi connectivity index (χ4v) is 2.73. The molecule has 2 rings (SSSR count). The molecular weight excluding hydrogens is 216 g/mol. The van der Waals surface area contributed by atoms with Crippen molar-refractivity contribution in [3.63, 3.8) is 0 Å². The van der Waals surface area contributed by atoms with E-state index in [4.69, 9.17) is 4.74 Å². The van der Waals surface area contributed by atoms with E-state index in [1.54, 1.807) is 0 Å². The van der Waals surface area contributed by atoms with Gasteiger partial charge in [-0.2, -0.15) is 0 Å². The molecule has 2 atom stereocenters. The molecule has 1 saturated carbocycles. The first kappa shape index (κ1) is 12.8. The Morgan fingerprint density at radius 2 is 2.12 bits per heavy atom. The minimum absolute atomic E-state index is 0.0942. The van der Waals surface area contributed by atoms with Gasteiger partial charge in [-0.05, 0) is 33.1 Å². The van der Waals surface area contributed by atoms with Gasteiger partial charge in [0.1, 0.15) is 0 Å². The molecule has 0 radical (unpaired) electrons. The lowest BCUT2D eigenvalue weighted by Gasteiger charge is -2.29. The molecule has 1 heterocycles. The van der Waals surface area contributed by atoms with Crippen LogP contribution in [0.2, 0.25) is 0 Å². The van der Waals surface area contributed by atoms with Gasteiger partial charge in [0.25, 0.3) is 0 Å². The monoisotopic (exact) mass is 240 g/mol. The van der Waals surface area contributed by atoms with Gasteiger partial charge < -0.3 is 15.4 Å². The second-order valence-electron chi connectivity index (χ2n) is 5.59. The second kappa shape index (κ2) is 5.36. The van der Waals surface area contributed by atoms with E-state index >= 15 is 0 Å². The van der Waals surface area contributed by atoms with Crippen molar-refractivity contribution in [3.8, 4) is 0 Å². The lowest BCUT2D eigenvalue weighted by Crippen LogP contribution is -2.53. The van der Waals surface area contributed by atoms with Gasteiger partial charge in [0.2, 0.25) is 5.91 Å². The summed E-state index contributed by atoms with van der Waals surface area (Å²) >= 11 is 0. The molecular formula is C13H24N2O2. The molecule has 2 aliphatic rings. The molecule has 0 bridgehead atoms. The summed E-state index contributed by atoms with van der Waals surface area (Å²) in [5.74, 6) is 0.0942. The largest absolute Gasteiger partial charge is 0.376 e. The van der Waals surface area contributed by atoms with Crippen LogP contribution in [0.25, 0.3) is 0 Å². The lowest BCUT2D eigenvalue weighted by atomic mass is 9.94. The number of nitrogens with one attached hydrogen (secondary N) is 2. The molecule has 0 aromatic rings. The fraction of sp³-hybridized carbons (Fsp3) is 0.923. The van der Waals surface area contributed by atoms with Crippen molar-refractivity contribution >= 4 is 5.91 Å². The van der Waals surface area contributed by atoms with E-state index < -0.39 is 0 Å². The van der Waals surface area contributed by atoms with Gasteiger partial charge in [-0.3, -0.25) is 4.79 Å². The van der Waals surface area contributed by atoms with E-state index in [2.05, 4.69) is 17.6 Å². The smallest absolute Gasteiger partial charge is 0.234 e. The van der Waals surface area contributed by atoms with Gasteiger partial charge in [-0.1, -0.05) is 12.8 Å². The normalized spacial score (nSPS) is 34.1. The van der Waals surface area contributed by atoms with E-state index in [0.717, 1.165) is 13.0 Å². The van der Waals surface area contributed by atoms with Crippen LogP contribution in [0.15, 0.2) is 0 Å². The van der Waals surface area contributed by atoms with E-state index in [1.165, 1.54) is 25.7 Å². The van der Waals surface area contributed by atoms with Gasteiger partial charge in [0, 0.05) is 12.6 Å². The summed E-state index contributed by atoms with van der Waals surface area (Å²) in [6, 6.07) is 0.547. The van der Waals surface area contributed by atoms with Crippen LogP contribution in [0.1, 0.15) is 46.0 Å². The Hall–Kier alpha value is -0.610. The Balaban J connectivity index is 1.73. The van der Waals surface area contributed by atoms with E-state index in [0.29, 0.717) is 12.6 Å². The van der Waals surface area contributed by atoms with Crippen molar-refractivity contribution in [1.29, 1.82) is 0 Å². The van der Waals surface area contributed by atoms with Gasteiger partial charge in [0.15, 0.2) is 0 Å². The maximum Gasteiger partial charge on any atom is 0.234 e. The number of carbonyl (C=O) groups excluding carboxylic acids is 1. The minimum Gasteiger partial charge on any atom is -0.376 e. The highest BCUT2D eigenvalue weighted by molar-refractivity contribution is 5.79. The topological polar surface area (TPSA) is 50.4 Å². The van der Waals surface area contributed by atoms with Crippen molar-refractivity contribution < 1.29 is 9.53 Å². The molecule has 1 saturated heterocycles. The SMILES string of the molecule is CC1OCCC1(C)NC(=O)CNC1CCCC1. The van der Waals surface area contributed by atoms with E-state index in [1.807, 2.05) is 6.92 Å². The molecule has 1 amide bonds. The third kappa shape index (κ3) is 3.19. The molecule has 4 nitrogen and oxygen atoms in total. The van der Waals surface area contributed by atoms with Crippen LogP contribution in [0.4, 0.5) is 0 Å². The zero-order valence-electron chi connectivity index (χ0n) is 10.9. The van der Waals surface area contributed by atoms with Crippen molar-refractivity contribution in [2.24, 2.45) is 0 Å². The summed E-state index contributed by atoms with van der Waals surface area (Å²) in [5, 5.41) is 6.44. The number of hydrogen-bond acceptors (Lipinski definition) is 3. The molecule has 4 heteroatoms. The third-order valence-electron chi connectivity index (χ3n) is 4.22. The Morgan fingerprint density at radius 3 is 2.71 bits per heavy atom. The van der Waals surface area contributed by atoms with Gasteiger partial charge >= 0.3 is 0 Å². The number of hydrogen-bond donors (Lipinski definition) is 2. The van der Waals surface area contributed by atoms with Crippen molar-refractivity contribution in [3.05, 3.63) is 0 Å². The van der Waals surface area contributed by atoms with Crippen LogP contribution in [0.5, 0.6) is 0 Å². The standard InChI is InChI=1S/C13H24N2O2/c1-10-13(2,7-8-17-10)15-12(16)9-14-11-5-3-4-6-11/h10-11,14H,3-9H2,1-2H3,(H,15,16). The van der Waals surface area contributed by atoms with Crippen molar-refractivity contribution in [2.45, 2.75) is 63.6 Å². The van der Waals surface area contributed by atoms with Gasteiger partial charge in [0.05, 0.1) is 18.2 Å². The molecule has 2 N–H and O–H groups in total. The quantitative estimate of drug-likeness (QED) is 0.776. The number of ether oxygens (including phenoxy) is 1. The Kier molecular flexibility index (Phi) is 4.05. The Bertz CT molecular complexity index is 277. The summed E-state index contributed by atoms with van der Waals surface area (Å²) in [5.41, 5.74) is -0.186. The summed E-state index contributed by atoms with van der Waals surface area (Å²) in [6.07, 6.45) is 6.03. The second-order valence-corrected chi connectivity index (χ2v) is 5.59. The highest BCUT2D eigenvalue weighted by Crippen LogP contribution is 2.24. The Labute approximate surface area is 103 Å². The van der Waals surface area contributed by atoms with Gasteiger partial charge in [-0.25, -0.2) is 0 Å². The first-order valence-electron chi connectivity index (χ1n) is 6.76. The maximum absolute atomic E-state index is 11.9. The van der Waals surface area contributed by atoms with Crippen molar-refractivity contribution in [2.75, 3.05) is 13.2 Å². The van der Waals surface area contributed by atoms with E-state index in [9.17, 15) is 4.79 Å². The van der Waals surface area contributed by atoms with Gasteiger partial charge in [-0.15, -0.1) is 0 Å². The molecule has 98 valence electrons. The van der Waals surface area contributed by atoms with Crippen LogP contribution in [0.3, 0.4) is 0 Å². The molecule has 1 aliphatic heterocycles. The molecule has 17 heavy (non-hydrogen) atoms. The summed E-state index contributed by atoms with van der Waals surface area (Å²) in [6.45, 7) is 5.27. The van der Waals surface area contributed by atoms with Crippen LogP contribution in [-0.4, -0.2) is 36.7 Å². The van der Waals surface area contributed by atoms with Crippen LogP contribution in [0, 0.1) is 0 Å². The summed E-state index contributed by atoms with van der Waals surface area (Å²) in [7, 11) is 0. The third-order valence-corrected chi connectivity index (χ3v) is 4.22. The molecule has 0 spiro atoms. The molecule has 1 aliphatic carbocycles. The van der Waals surface area contributed by atoms with Crippen LogP contribution < -0.4 is 10.6 Å².